The van der Waals surface area contributed by atoms with Crippen LogP contribution in [0.25, 0.3) is 0 Å². The molecule has 4 heteroatoms. The van der Waals surface area contributed by atoms with Crippen molar-refractivity contribution in [3.8, 4) is 0 Å². The maximum Gasteiger partial charge on any atom is 0.146 e. The number of fused-ring (bicyclic) bond motifs is 1. The zero-order valence-corrected chi connectivity index (χ0v) is 10.7. The topological polar surface area (TPSA) is 24.5 Å². The van der Waals surface area contributed by atoms with Gasteiger partial charge in [0.25, 0.3) is 0 Å². The van der Waals surface area contributed by atoms with Gasteiger partial charge in [-0.25, -0.2) is 4.39 Å². The number of nitrogens with one attached hydrogen (secondary N) is 1. The molecule has 2 heterocycles. The van der Waals surface area contributed by atoms with Crippen LogP contribution in [0.4, 0.5) is 10.1 Å². The summed E-state index contributed by atoms with van der Waals surface area (Å²) in [6, 6.07) is 5.68. The molecule has 18 heavy (non-hydrogen) atoms. The molecule has 0 bridgehead atoms. The average molecular weight is 250 g/mol. The lowest BCUT2D eigenvalue weighted by atomic mass is 9.88. The van der Waals surface area contributed by atoms with Crippen LogP contribution in [0.1, 0.15) is 18.5 Å². The number of rotatable bonds is 1. The van der Waals surface area contributed by atoms with Crippen LogP contribution in [0.5, 0.6) is 0 Å². The molecular formula is C14H19FN2O. The highest BCUT2D eigenvalue weighted by molar-refractivity contribution is 5.56. The van der Waals surface area contributed by atoms with E-state index >= 15 is 0 Å². The summed E-state index contributed by atoms with van der Waals surface area (Å²) in [5, 5.41) is 3.22. The summed E-state index contributed by atoms with van der Waals surface area (Å²) in [6.07, 6.45) is 0. The molecule has 2 atom stereocenters. The monoisotopic (exact) mass is 250 g/mol. The Bertz CT molecular complexity index is 432. The van der Waals surface area contributed by atoms with Crippen molar-refractivity contribution in [2.24, 2.45) is 5.92 Å². The van der Waals surface area contributed by atoms with Gasteiger partial charge >= 0.3 is 0 Å². The molecule has 3 rings (SSSR count). The van der Waals surface area contributed by atoms with E-state index in [-0.39, 0.29) is 5.82 Å². The molecule has 0 saturated carbocycles. The van der Waals surface area contributed by atoms with E-state index in [1.165, 1.54) is 6.07 Å². The van der Waals surface area contributed by atoms with Crippen molar-refractivity contribution >= 4 is 5.69 Å². The molecule has 1 aromatic carbocycles. The van der Waals surface area contributed by atoms with Crippen molar-refractivity contribution < 1.29 is 9.13 Å². The number of anilines is 1. The summed E-state index contributed by atoms with van der Waals surface area (Å²) in [4.78, 5) is 2.42. The second kappa shape index (κ2) is 4.86. The van der Waals surface area contributed by atoms with E-state index in [0.717, 1.165) is 38.4 Å². The zero-order chi connectivity index (χ0) is 12.5. The van der Waals surface area contributed by atoms with Gasteiger partial charge < -0.3 is 10.1 Å². The fraction of sp³-hybridized carbons (Fsp3) is 0.571. The highest BCUT2D eigenvalue weighted by Crippen LogP contribution is 2.38. The molecule has 98 valence electrons. The molecule has 2 unspecified atom stereocenters. The maximum atomic E-state index is 13.8. The van der Waals surface area contributed by atoms with E-state index in [2.05, 4.69) is 17.1 Å². The van der Waals surface area contributed by atoms with Crippen LogP contribution in [0.3, 0.4) is 0 Å². The van der Waals surface area contributed by atoms with Crippen LogP contribution < -0.4 is 5.32 Å². The van der Waals surface area contributed by atoms with Gasteiger partial charge in [-0.05, 0) is 17.5 Å². The van der Waals surface area contributed by atoms with Crippen molar-refractivity contribution in [1.82, 2.24) is 4.90 Å². The number of halogens is 1. The lowest BCUT2D eigenvalue weighted by Crippen LogP contribution is -2.44. The highest BCUT2D eigenvalue weighted by Gasteiger charge is 2.33. The molecule has 2 aliphatic rings. The minimum atomic E-state index is -0.141. The maximum absolute atomic E-state index is 13.8. The van der Waals surface area contributed by atoms with E-state index in [1.54, 1.807) is 6.07 Å². The van der Waals surface area contributed by atoms with Crippen LogP contribution in [-0.4, -0.2) is 37.7 Å². The Morgan fingerprint density at radius 3 is 2.89 bits per heavy atom. The van der Waals surface area contributed by atoms with Crippen molar-refractivity contribution in [3.63, 3.8) is 0 Å². The first-order valence-electron chi connectivity index (χ1n) is 6.61. The van der Waals surface area contributed by atoms with E-state index in [0.29, 0.717) is 17.6 Å². The smallest absolute Gasteiger partial charge is 0.146 e. The molecule has 0 radical (unpaired) electrons. The lowest BCUT2D eigenvalue weighted by molar-refractivity contribution is 0.00411. The van der Waals surface area contributed by atoms with Crippen LogP contribution in [0, 0.1) is 11.7 Å². The highest BCUT2D eigenvalue weighted by atomic mass is 19.1. The van der Waals surface area contributed by atoms with Gasteiger partial charge in [0.1, 0.15) is 5.82 Å². The summed E-state index contributed by atoms with van der Waals surface area (Å²) >= 11 is 0. The van der Waals surface area contributed by atoms with Gasteiger partial charge in [0, 0.05) is 25.7 Å². The van der Waals surface area contributed by atoms with Crippen LogP contribution in [0.15, 0.2) is 18.2 Å². The molecule has 0 aromatic heterocycles. The quantitative estimate of drug-likeness (QED) is 0.827. The molecule has 0 amide bonds. The largest absolute Gasteiger partial charge is 0.382 e. The van der Waals surface area contributed by atoms with Crippen molar-refractivity contribution in [1.29, 1.82) is 0 Å². The number of ether oxygens (including phenoxy) is 1. The van der Waals surface area contributed by atoms with Gasteiger partial charge in [0.2, 0.25) is 0 Å². The number of nitrogens with zero attached hydrogens (tertiary/aromatic N) is 1. The second-order valence-electron chi connectivity index (χ2n) is 5.16. The summed E-state index contributed by atoms with van der Waals surface area (Å²) in [7, 11) is 0. The first-order valence-corrected chi connectivity index (χ1v) is 6.61. The fourth-order valence-corrected chi connectivity index (χ4v) is 3.07. The average Bonchev–Trinajstić information content (AvgIpc) is 2.40. The van der Waals surface area contributed by atoms with Crippen LogP contribution in [-0.2, 0) is 4.74 Å². The number of benzene rings is 1. The molecule has 3 nitrogen and oxygen atoms in total. The first kappa shape index (κ1) is 11.9. The van der Waals surface area contributed by atoms with E-state index in [9.17, 15) is 4.39 Å². The molecule has 1 fully saturated rings. The van der Waals surface area contributed by atoms with Gasteiger partial charge in [0.05, 0.1) is 18.9 Å². The Labute approximate surface area is 107 Å². The van der Waals surface area contributed by atoms with E-state index < -0.39 is 0 Å². The van der Waals surface area contributed by atoms with Crippen molar-refractivity contribution in [3.05, 3.63) is 29.6 Å². The standard InChI is InChI=1S/C14H19FN2O/c1-10-9-16-13-11(3-2-4-12(13)15)14(10)17-5-7-18-8-6-17/h2-4,10,14,16H,5-9H2,1H3. The van der Waals surface area contributed by atoms with Gasteiger partial charge in [-0.3, -0.25) is 4.90 Å². The number of morpholine rings is 1. The Morgan fingerprint density at radius 1 is 1.33 bits per heavy atom. The predicted octanol–water partition coefficient (Wildman–Crippen LogP) is 2.26. The summed E-state index contributed by atoms with van der Waals surface area (Å²) < 4.78 is 19.2. The molecule has 2 aliphatic heterocycles. The Hall–Kier alpha value is -1.13. The van der Waals surface area contributed by atoms with Gasteiger partial charge in [-0.1, -0.05) is 19.1 Å². The Morgan fingerprint density at radius 2 is 2.11 bits per heavy atom. The summed E-state index contributed by atoms with van der Waals surface area (Å²) in [5.74, 6) is 0.343. The van der Waals surface area contributed by atoms with Crippen molar-refractivity contribution in [2.75, 3.05) is 38.2 Å². The van der Waals surface area contributed by atoms with Crippen LogP contribution >= 0.6 is 0 Å². The van der Waals surface area contributed by atoms with Crippen molar-refractivity contribution in [2.45, 2.75) is 13.0 Å². The molecular weight excluding hydrogens is 231 g/mol. The van der Waals surface area contributed by atoms with Gasteiger partial charge in [-0.2, -0.15) is 0 Å². The summed E-state index contributed by atoms with van der Waals surface area (Å²) in [6.45, 7) is 6.48. The Balaban J connectivity index is 1.96. The van der Waals surface area contributed by atoms with Crippen LogP contribution in [0.2, 0.25) is 0 Å². The SMILES string of the molecule is CC1CNc2c(F)cccc2C1N1CCOCC1. The minimum Gasteiger partial charge on any atom is -0.382 e. The zero-order valence-electron chi connectivity index (χ0n) is 10.7. The normalized spacial score (nSPS) is 28.6. The summed E-state index contributed by atoms with van der Waals surface area (Å²) in [5.41, 5.74) is 1.78. The van der Waals surface area contributed by atoms with E-state index in [1.807, 2.05) is 6.07 Å². The molecule has 0 spiro atoms. The fourth-order valence-electron chi connectivity index (χ4n) is 3.07. The third kappa shape index (κ3) is 1.99. The van der Waals surface area contributed by atoms with Gasteiger partial charge in [0.15, 0.2) is 0 Å². The molecule has 1 aromatic rings. The third-order valence-electron chi connectivity index (χ3n) is 3.94. The second-order valence-corrected chi connectivity index (χ2v) is 5.16. The Kier molecular flexibility index (Phi) is 3.22. The predicted molar refractivity (Wildman–Crippen MR) is 69.2 cm³/mol. The molecule has 1 saturated heterocycles. The first-order chi connectivity index (χ1) is 8.77. The van der Waals surface area contributed by atoms with Gasteiger partial charge in [-0.15, -0.1) is 0 Å². The molecule has 1 N–H and O–H groups in total. The van der Waals surface area contributed by atoms with E-state index in [4.69, 9.17) is 4.74 Å². The minimum absolute atomic E-state index is 0.141. The molecule has 0 aliphatic carbocycles. The number of hydrogen-bond donors (Lipinski definition) is 1. The number of para-hydroxylation sites is 1. The third-order valence-corrected chi connectivity index (χ3v) is 3.94. The lowest BCUT2D eigenvalue weighted by Gasteiger charge is -2.41. The number of hydrogen-bond acceptors (Lipinski definition) is 3.